The minimum atomic E-state index is -0.471. The molecule has 0 saturated heterocycles. The average molecular weight is 351 g/mol. The monoisotopic (exact) mass is 351 g/mol. The smallest absolute Gasteiger partial charge is 0.338 e. The van der Waals surface area contributed by atoms with Crippen molar-refractivity contribution < 1.29 is 14.3 Å². The van der Waals surface area contributed by atoms with Crippen LogP contribution in [0.2, 0.25) is 0 Å². The van der Waals surface area contributed by atoms with Crippen LogP contribution in [-0.2, 0) is 14.3 Å². The Labute approximate surface area is 155 Å². The quantitative estimate of drug-likeness (QED) is 0.688. The zero-order chi connectivity index (χ0) is 18.8. The first kappa shape index (κ1) is 19.4. The molecule has 4 nitrogen and oxygen atoms in total. The van der Waals surface area contributed by atoms with Gasteiger partial charge in [-0.05, 0) is 31.1 Å². The molecule has 0 amide bonds. The van der Waals surface area contributed by atoms with Gasteiger partial charge in [-0.25, -0.2) is 4.79 Å². The first-order valence-corrected chi connectivity index (χ1v) is 8.94. The van der Waals surface area contributed by atoms with Crippen molar-refractivity contribution in [3.63, 3.8) is 0 Å². The number of hydrogen-bond donors (Lipinski definition) is 0. The summed E-state index contributed by atoms with van der Waals surface area (Å²) in [5.41, 5.74) is 1.77. The number of nitrogens with zero attached hydrogens (tertiary/aromatic N) is 1. The molecule has 0 spiro atoms. The summed E-state index contributed by atoms with van der Waals surface area (Å²) < 4.78 is 5.13. The average Bonchev–Trinajstić information content (AvgIpc) is 2.62. The van der Waals surface area contributed by atoms with Gasteiger partial charge in [-0.3, -0.25) is 4.79 Å². The van der Waals surface area contributed by atoms with Gasteiger partial charge in [0.25, 0.3) is 0 Å². The number of ketones is 1. The van der Waals surface area contributed by atoms with Gasteiger partial charge in [-0.1, -0.05) is 49.4 Å². The molecule has 4 heteroatoms. The molecule has 0 N–H and O–H groups in total. The Kier molecular flexibility index (Phi) is 7.62. The van der Waals surface area contributed by atoms with E-state index in [1.54, 1.807) is 25.3 Å². The molecule has 2 rings (SSSR count). The van der Waals surface area contributed by atoms with Gasteiger partial charge in [0.2, 0.25) is 0 Å². The lowest BCUT2D eigenvalue weighted by Gasteiger charge is -2.19. The van der Waals surface area contributed by atoms with Crippen LogP contribution in [0.5, 0.6) is 0 Å². The van der Waals surface area contributed by atoms with Crippen LogP contribution in [0.25, 0.3) is 6.08 Å². The van der Waals surface area contributed by atoms with Gasteiger partial charge >= 0.3 is 5.97 Å². The van der Waals surface area contributed by atoms with Crippen molar-refractivity contribution in [1.82, 2.24) is 4.90 Å². The molecule has 1 aliphatic rings. The van der Waals surface area contributed by atoms with E-state index in [9.17, 15) is 9.59 Å². The lowest BCUT2D eigenvalue weighted by molar-refractivity contribution is -0.138. The number of benzene rings is 1. The SMILES string of the molecule is CCCC(=O)C1=C/N(/C=C/c2ccccc2)C/C=C/C=C\1C(=O)OCC. The van der Waals surface area contributed by atoms with Gasteiger partial charge in [0.05, 0.1) is 12.2 Å². The van der Waals surface area contributed by atoms with Gasteiger partial charge in [-0.15, -0.1) is 0 Å². The first-order valence-electron chi connectivity index (χ1n) is 8.94. The van der Waals surface area contributed by atoms with Crippen molar-refractivity contribution in [2.24, 2.45) is 0 Å². The van der Waals surface area contributed by atoms with E-state index in [1.165, 1.54) is 0 Å². The van der Waals surface area contributed by atoms with E-state index < -0.39 is 5.97 Å². The number of ether oxygens (including phenoxy) is 1. The van der Waals surface area contributed by atoms with E-state index in [1.807, 2.05) is 60.5 Å². The molecule has 1 aromatic carbocycles. The highest BCUT2D eigenvalue weighted by Crippen LogP contribution is 2.19. The summed E-state index contributed by atoms with van der Waals surface area (Å²) in [5, 5.41) is 0. The number of hydrogen-bond acceptors (Lipinski definition) is 4. The molecule has 136 valence electrons. The van der Waals surface area contributed by atoms with Gasteiger partial charge in [0.15, 0.2) is 5.78 Å². The van der Waals surface area contributed by atoms with E-state index in [0.717, 1.165) is 12.0 Å². The van der Waals surface area contributed by atoms with E-state index in [2.05, 4.69) is 0 Å². The summed E-state index contributed by atoms with van der Waals surface area (Å²) in [6, 6.07) is 9.93. The standard InChI is InChI=1S/C22H25NO3/c1-3-10-21(24)20-17-23(16-14-18-11-6-5-7-12-18)15-9-8-13-19(20)22(25)26-4-2/h5-9,11-14,16-17H,3-4,10,15H2,1-2H3/b9-8+,16-14+,19-13+,20-17+. The Hall–Kier alpha value is -2.88. The van der Waals surface area contributed by atoms with Crippen LogP contribution >= 0.6 is 0 Å². The van der Waals surface area contributed by atoms with E-state index in [-0.39, 0.29) is 12.4 Å². The van der Waals surface area contributed by atoms with Crippen molar-refractivity contribution in [2.45, 2.75) is 26.7 Å². The molecule has 0 aliphatic carbocycles. The minimum absolute atomic E-state index is 0.0554. The van der Waals surface area contributed by atoms with Crippen LogP contribution < -0.4 is 0 Å². The van der Waals surface area contributed by atoms with Crippen molar-refractivity contribution >= 4 is 17.8 Å². The molecule has 1 aromatic rings. The molecular formula is C22H25NO3. The number of Topliss-reactive ketones (excluding diaryl/α,β-unsaturated/α-hetero) is 1. The second-order valence-electron chi connectivity index (χ2n) is 5.87. The molecule has 0 fully saturated rings. The molecular weight excluding hydrogens is 326 g/mol. The Morgan fingerprint density at radius 2 is 1.92 bits per heavy atom. The fourth-order valence-corrected chi connectivity index (χ4v) is 2.55. The molecule has 0 radical (unpaired) electrons. The Bertz CT molecular complexity index is 742. The number of allylic oxidation sites excluding steroid dienone is 2. The summed E-state index contributed by atoms with van der Waals surface area (Å²) >= 11 is 0. The van der Waals surface area contributed by atoms with Crippen molar-refractivity contribution in [3.05, 3.63) is 77.7 Å². The molecule has 0 bridgehead atoms. The summed E-state index contributed by atoms with van der Waals surface area (Å²) in [6.07, 6.45) is 12.1. The maximum atomic E-state index is 12.6. The normalized spacial score (nSPS) is 19.7. The third kappa shape index (κ3) is 5.59. The number of carbonyl (C=O) groups is 2. The summed E-state index contributed by atoms with van der Waals surface area (Å²) in [4.78, 5) is 26.8. The highest BCUT2D eigenvalue weighted by molar-refractivity contribution is 6.10. The molecule has 1 heterocycles. The van der Waals surface area contributed by atoms with Crippen LogP contribution in [0.1, 0.15) is 32.3 Å². The van der Waals surface area contributed by atoms with E-state index in [4.69, 9.17) is 4.74 Å². The third-order valence-electron chi connectivity index (χ3n) is 3.83. The predicted octanol–water partition coefficient (Wildman–Crippen LogP) is 4.27. The van der Waals surface area contributed by atoms with Crippen molar-refractivity contribution in [2.75, 3.05) is 13.2 Å². The van der Waals surface area contributed by atoms with Gasteiger partial charge in [-0.2, -0.15) is 0 Å². The number of carbonyl (C=O) groups excluding carboxylic acids is 2. The molecule has 0 atom stereocenters. The Morgan fingerprint density at radius 3 is 2.62 bits per heavy atom. The Balaban J connectivity index is 2.35. The summed E-state index contributed by atoms with van der Waals surface area (Å²) in [6.45, 7) is 4.58. The van der Waals surface area contributed by atoms with Gasteiger partial charge in [0, 0.05) is 30.9 Å². The summed E-state index contributed by atoms with van der Waals surface area (Å²) in [5.74, 6) is -0.526. The first-order chi connectivity index (χ1) is 12.7. The molecule has 0 saturated carbocycles. The highest BCUT2D eigenvalue weighted by Gasteiger charge is 2.22. The van der Waals surface area contributed by atoms with Crippen LogP contribution in [0, 0.1) is 0 Å². The van der Waals surface area contributed by atoms with Crippen LogP contribution in [0.15, 0.2) is 72.1 Å². The maximum absolute atomic E-state index is 12.6. The van der Waals surface area contributed by atoms with Gasteiger partial charge < -0.3 is 9.64 Å². The number of esters is 1. The predicted molar refractivity (Wildman–Crippen MR) is 104 cm³/mol. The van der Waals surface area contributed by atoms with Crippen LogP contribution in [0.3, 0.4) is 0 Å². The minimum Gasteiger partial charge on any atom is -0.462 e. The molecule has 1 aliphatic heterocycles. The lowest BCUT2D eigenvalue weighted by atomic mass is 9.98. The Morgan fingerprint density at radius 1 is 1.15 bits per heavy atom. The zero-order valence-corrected chi connectivity index (χ0v) is 15.4. The van der Waals surface area contributed by atoms with E-state index >= 15 is 0 Å². The fraction of sp³-hybridized carbons (Fsp3) is 0.273. The second-order valence-corrected chi connectivity index (χ2v) is 5.87. The number of rotatable bonds is 7. The largest absolute Gasteiger partial charge is 0.462 e. The second kappa shape index (κ2) is 10.2. The molecule has 0 aromatic heterocycles. The molecule has 0 unspecified atom stereocenters. The van der Waals surface area contributed by atoms with Crippen LogP contribution in [0.4, 0.5) is 0 Å². The van der Waals surface area contributed by atoms with Crippen molar-refractivity contribution in [3.8, 4) is 0 Å². The third-order valence-corrected chi connectivity index (χ3v) is 3.83. The zero-order valence-electron chi connectivity index (χ0n) is 15.4. The summed E-state index contributed by atoms with van der Waals surface area (Å²) in [7, 11) is 0. The van der Waals surface area contributed by atoms with Crippen molar-refractivity contribution in [1.29, 1.82) is 0 Å². The lowest BCUT2D eigenvalue weighted by Crippen LogP contribution is -2.20. The fourth-order valence-electron chi connectivity index (χ4n) is 2.55. The maximum Gasteiger partial charge on any atom is 0.338 e. The molecule has 26 heavy (non-hydrogen) atoms. The van der Waals surface area contributed by atoms with E-state index in [0.29, 0.717) is 24.1 Å². The highest BCUT2D eigenvalue weighted by atomic mass is 16.5. The van der Waals surface area contributed by atoms with Gasteiger partial charge in [0.1, 0.15) is 0 Å². The topological polar surface area (TPSA) is 46.6 Å². The van der Waals surface area contributed by atoms with Crippen LogP contribution in [-0.4, -0.2) is 29.8 Å².